The van der Waals surface area contributed by atoms with Crippen LogP contribution in [0.1, 0.15) is 16.8 Å². The van der Waals surface area contributed by atoms with E-state index in [2.05, 4.69) is 0 Å². The van der Waals surface area contributed by atoms with E-state index in [1.54, 1.807) is 0 Å². The molecule has 0 aliphatic carbocycles. The number of hydrogen-bond donors (Lipinski definition) is 0. The molecule has 0 spiro atoms. The summed E-state index contributed by atoms with van der Waals surface area (Å²) in [4.78, 5) is 13.7. The zero-order valence-electron chi connectivity index (χ0n) is 11.3. The van der Waals surface area contributed by atoms with Crippen LogP contribution in [0.2, 0.25) is 0 Å². The average molecular weight is 301 g/mol. The fraction of sp³-hybridized carbons (Fsp3) is 0.462. The molecular weight excluding hydrogens is 285 g/mol. The first-order valence-electron chi connectivity index (χ1n) is 6.15. The molecule has 0 radical (unpaired) electrons. The molecule has 0 N–H and O–H groups in total. The minimum absolute atomic E-state index is 0.0487. The third kappa shape index (κ3) is 2.92. The van der Waals surface area contributed by atoms with Crippen molar-refractivity contribution in [3.05, 3.63) is 29.6 Å². The lowest BCUT2D eigenvalue weighted by atomic mass is 10.1. The maximum Gasteiger partial charge on any atom is 0.257 e. The molecule has 110 valence electrons. The number of rotatable bonds is 3. The predicted octanol–water partition coefficient (Wildman–Crippen LogP) is 1.09. The molecule has 1 fully saturated rings. The molecule has 0 bridgehead atoms. The van der Waals surface area contributed by atoms with Crippen molar-refractivity contribution in [1.82, 2.24) is 4.90 Å². The fourth-order valence-electron chi connectivity index (χ4n) is 2.28. The quantitative estimate of drug-likeness (QED) is 0.838. The Morgan fingerprint density at radius 2 is 2.15 bits per heavy atom. The summed E-state index contributed by atoms with van der Waals surface area (Å²) in [6.45, 7) is 0. The first-order chi connectivity index (χ1) is 9.34. The van der Waals surface area contributed by atoms with E-state index in [4.69, 9.17) is 4.74 Å². The van der Waals surface area contributed by atoms with E-state index in [0.717, 1.165) is 6.07 Å². The van der Waals surface area contributed by atoms with Crippen molar-refractivity contribution >= 4 is 15.7 Å². The number of hydrogen-bond acceptors (Lipinski definition) is 4. The van der Waals surface area contributed by atoms with Crippen molar-refractivity contribution in [2.45, 2.75) is 12.5 Å². The second kappa shape index (κ2) is 5.40. The highest BCUT2D eigenvalue weighted by Crippen LogP contribution is 2.24. The highest BCUT2D eigenvalue weighted by Gasteiger charge is 2.33. The van der Waals surface area contributed by atoms with Gasteiger partial charge in [-0.1, -0.05) is 0 Å². The first-order valence-corrected chi connectivity index (χ1v) is 7.97. The van der Waals surface area contributed by atoms with E-state index in [1.165, 1.54) is 31.2 Å². The molecule has 0 aromatic heterocycles. The molecule has 20 heavy (non-hydrogen) atoms. The summed E-state index contributed by atoms with van der Waals surface area (Å²) in [5.74, 6) is -0.684. The van der Waals surface area contributed by atoms with E-state index in [9.17, 15) is 17.6 Å². The molecule has 1 aromatic carbocycles. The average Bonchev–Trinajstić information content (AvgIpc) is 2.77. The molecule has 0 unspecified atom stereocenters. The maximum absolute atomic E-state index is 13.3. The summed E-state index contributed by atoms with van der Waals surface area (Å²) in [5.41, 5.74) is 0.0966. The van der Waals surface area contributed by atoms with Gasteiger partial charge in [-0.3, -0.25) is 4.79 Å². The molecule has 1 aliphatic rings. The normalized spacial score (nSPS) is 20.6. The zero-order valence-corrected chi connectivity index (χ0v) is 12.1. The summed E-state index contributed by atoms with van der Waals surface area (Å²) in [6.07, 6.45) is 0.405. The van der Waals surface area contributed by atoms with Crippen LogP contribution in [0.15, 0.2) is 18.2 Å². The standard InChI is InChI=1S/C13H16FNO4S/c1-15(10-5-6-20(17,18)8-10)13(16)11-7-9(14)3-4-12(11)19-2/h3-4,7,10H,5-6,8H2,1-2H3/t10-/m0/s1. The zero-order chi connectivity index (χ0) is 14.9. The lowest BCUT2D eigenvalue weighted by Gasteiger charge is -2.24. The predicted molar refractivity (Wildman–Crippen MR) is 72.1 cm³/mol. The van der Waals surface area contributed by atoms with E-state index in [1.807, 2.05) is 0 Å². The van der Waals surface area contributed by atoms with Crippen LogP contribution in [0.3, 0.4) is 0 Å². The van der Waals surface area contributed by atoms with Crippen molar-refractivity contribution in [2.24, 2.45) is 0 Å². The molecule has 1 aromatic rings. The molecule has 1 saturated heterocycles. The van der Waals surface area contributed by atoms with Gasteiger partial charge in [-0.25, -0.2) is 12.8 Å². The largest absolute Gasteiger partial charge is 0.496 e. The minimum Gasteiger partial charge on any atom is -0.496 e. The molecule has 0 saturated carbocycles. The molecule has 1 amide bonds. The van der Waals surface area contributed by atoms with Gasteiger partial charge in [-0.15, -0.1) is 0 Å². The van der Waals surface area contributed by atoms with Crippen LogP contribution in [0.5, 0.6) is 5.75 Å². The van der Waals surface area contributed by atoms with Gasteiger partial charge in [0, 0.05) is 13.1 Å². The number of methoxy groups -OCH3 is 1. The molecule has 1 heterocycles. The van der Waals surface area contributed by atoms with Gasteiger partial charge < -0.3 is 9.64 Å². The van der Waals surface area contributed by atoms with Gasteiger partial charge in [0.15, 0.2) is 9.84 Å². The van der Waals surface area contributed by atoms with Crippen molar-refractivity contribution in [1.29, 1.82) is 0 Å². The van der Waals surface area contributed by atoms with Crippen LogP contribution < -0.4 is 4.74 Å². The van der Waals surface area contributed by atoms with Gasteiger partial charge in [-0.05, 0) is 24.6 Å². The van der Waals surface area contributed by atoms with Gasteiger partial charge in [-0.2, -0.15) is 0 Å². The Bertz CT molecular complexity index is 629. The third-order valence-electron chi connectivity index (χ3n) is 3.47. The van der Waals surface area contributed by atoms with E-state index in [0.29, 0.717) is 6.42 Å². The van der Waals surface area contributed by atoms with Gasteiger partial charge in [0.25, 0.3) is 5.91 Å². The van der Waals surface area contributed by atoms with Crippen molar-refractivity contribution < 1.29 is 22.3 Å². The van der Waals surface area contributed by atoms with Crippen LogP contribution in [0.25, 0.3) is 0 Å². The van der Waals surface area contributed by atoms with Crippen molar-refractivity contribution in [2.75, 3.05) is 25.7 Å². The summed E-state index contributed by atoms with van der Waals surface area (Å²) in [5, 5.41) is 0. The van der Waals surface area contributed by atoms with Gasteiger partial charge in [0.05, 0.1) is 24.2 Å². The second-order valence-corrected chi connectivity index (χ2v) is 7.05. The highest BCUT2D eigenvalue weighted by molar-refractivity contribution is 7.91. The van der Waals surface area contributed by atoms with E-state index in [-0.39, 0.29) is 28.9 Å². The topological polar surface area (TPSA) is 63.7 Å². The third-order valence-corrected chi connectivity index (χ3v) is 5.22. The summed E-state index contributed by atoms with van der Waals surface area (Å²) in [6, 6.07) is 3.30. The Morgan fingerprint density at radius 3 is 2.70 bits per heavy atom. The summed E-state index contributed by atoms with van der Waals surface area (Å²) in [7, 11) is -0.160. The van der Waals surface area contributed by atoms with Crippen LogP contribution in [0.4, 0.5) is 4.39 Å². The highest BCUT2D eigenvalue weighted by atomic mass is 32.2. The smallest absolute Gasteiger partial charge is 0.257 e. The summed E-state index contributed by atoms with van der Waals surface area (Å²) < 4.78 is 41.2. The van der Waals surface area contributed by atoms with Gasteiger partial charge in [0.1, 0.15) is 11.6 Å². The Hall–Kier alpha value is -1.63. The maximum atomic E-state index is 13.3. The fourth-order valence-corrected chi connectivity index (χ4v) is 4.06. The minimum atomic E-state index is -3.08. The Balaban J connectivity index is 2.25. The van der Waals surface area contributed by atoms with Gasteiger partial charge in [0.2, 0.25) is 0 Å². The SMILES string of the molecule is COc1ccc(F)cc1C(=O)N(C)[C@H]1CCS(=O)(=O)C1. The molecule has 1 aliphatic heterocycles. The number of sulfone groups is 1. The molecule has 2 rings (SSSR count). The number of carbonyl (C=O) groups is 1. The van der Waals surface area contributed by atoms with Crippen LogP contribution in [-0.2, 0) is 9.84 Å². The number of carbonyl (C=O) groups excluding carboxylic acids is 1. The van der Waals surface area contributed by atoms with Crippen LogP contribution in [-0.4, -0.2) is 50.9 Å². The van der Waals surface area contributed by atoms with Crippen molar-refractivity contribution in [3.63, 3.8) is 0 Å². The number of amides is 1. The Kier molecular flexibility index (Phi) is 3.99. The lowest BCUT2D eigenvalue weighted by molar-refractivity contribution is 0.0743. The number of benzene rings is 1. The lowest BCUT2D eigenvalue weighted by Crippen LogP contribution is -2.38. The van der Waals surface area contributed by atoms with Crippen molar-refractivity contribution in [3.8, 4) is 5.75 Å². The number of nitrogens with zero attached hydrogens (tertiary/aromatic N) is 1. The monoisotopic (exact) mass is 301 g/mol. The van der Waals surface area contributed by atoms with E-state index < -0.39 is 21.6 Å². The second-order valence-electron chi connectivity index (χ2n) is 4.82. The van der Waals surface area contributed by atoms with Crippen LogP contribution in [0, 0.1) is 5.82 Å². The number of halogens is 1. The Labute approximate surface area is 117 Å². The Morgan fingerprint density at radius 1 is 1.45 bits per heavy atom. The molecule has 5 nitrogen and oxygen atoms in total. The van der Waals surface area contributed by atoms with Gasteiger partial charge >= 0.3 is 0 Å². The first kappa shape index (κ1) is 14.8. The molecular formula is C13H16FNO4S. The van der Waals surface area contributed by atoms with Crippen LogP contribution >= 0.6 is 0 Å². The van der Waals surface area contributed by atoms with E-state index >= 15 is 0 Å². The number of ether oxygens (including phenoxy) is 1. The summed E-state index contributed by atoms with van der Waals surface area (Å²) >= 11 is 0. The molecule has 7 heteroatoms. The molecule has 1 atom stereocenters.